The minimum atomic E-state index is -0.286. The van der Waals surface area contributed by atoms with Crippen LogP contribution in [0.1, 0.15) is 41.3 Å². The Balaban J connectivity index is 2.02. The Bertz CT molecular complexity index is 757. The van der Waals surface area contributed by atoms with Gasteiger partial charge in [-0.05, 0) is 52.0 Å². The summed E-state index contributed by atoms with van der Waals surface area (Å²) in [5.74, 6) is -0.229. The molecule has 0 aromatic heterocycles. The number of benzene rings is 2. The molecule has 126 valence electrons. The number of carbonyl (C=O) groups is 2. The maximum Gasteiger partial charge on any atom is 0.252 e. The highest BCUT2D eigenvalue weighted by atomic mass is 79.9. The van der Waals surface area contributed by atoms with Crippen LogP contribution < -0.4 is 10.6 Å². The van der Waals surface area contributed by atoms with E-state index < -0.39 is 0 Å². The third-order valence-electron chi connectivity index (χ3n) is 3.72. The number of hydrogen-bond acceptors (Lipinski definition) is 2. The van der Waals surface area contributed by atoms with Gasteiger partial charge in [-0.2, -0.15) is 0 Å². The van der Waals surface area contributed by atoms with Crippen molar-refractivity contribution < 1.29 is 9.59 Å². The highest BCUT2D eigenvalue weighted by Gasteiger charge is 2.14. The van der Waals surface area contributed by atoms with Crippen molar-refractivity contribution in [2.24, 2.45) is 0 Å². The maximum atomic E-state index is 12.2. The van der Waals surface area contributed by atoms with E-state index in [-0.39, 0.29) is 18.4 Å². The molecule has 24 heavy (non-hydrogen) atoms. The van der Waals surface area contributed by atoms with Gasteiger partial charge in [-0.25, -0.2) is 0 Å². The van der Waals surface area contributed by atoms with Gasteiger partial charge < -0.3 is 10.6 Å². The number of nitrogens with one attached hydrogen (secondary N) is 2. The quantitative estimate of drug-likeness (QED) is 0.803. The smallest absolute Gasteiger partial charge is 0.252 e. The van der Waals surface area contributed by atoms with Crippen molar-refractivity contribution in [1.29, 1.82) is 0 Å². The van der Waals surface area contributed by atoms with Crippen molar-refractivity contribution in [2.75, 3.05) is 11.9 Å². The average molecular weight is 389 g/mol. The van der Waals surface area contributed by atoms with E-state index in [0.29, 0.717) is 16.0 Å². The minimum absolute atomic E-state index is 0.0773. The summed E-state index contributed by atoms with van der Waals surface area (Å²) in [6.45, 7) is 6.05. The maximum absolute atomic E-state index is 12.2. The second-order valence-electron chi connectivity index (χ2n) is 5.90. The lowest BCUT2D eigenvalue weighted by Crippen LogP contribution is -2.33. The molecule has 0 saturated heterocycles. The summed E-state index contributed by atoms with van der Waals surface area (Å²) < 4.78 is 0.698. The van der Waals surface area contributed by atoms with Crippen LogP contribution in [0.15, 0.2) is 46.9 Å². The lowest BCUT2D eigenvalue weighted by atomic mass is 9.98. The summed E-state index contributed by atoms with van der Waals surface area (Å²) in [6.07, 6.45) is 0. The van der Waals surface area contributed by atoms with Crippen LogP contribution in [-0.4, -0.2) is 18.4 Å². The van der Waals surface area contributed by atoms with Crippen LogP contribution in [0.25, 0.3) is 0 Å². The highest BCUT2D eigenvalue weighted by Crippen LogP contribution is 2.27. The molecule has 2 aromatic carbocycles. The predicted molar refractivity (Wildman–Crippen MR) is 100 cm³/mol. The normalized spacial score (nSPS) is 10.5. The van der Waals surface area contributed by atoms with Crippen molar-refractivity contribution in [3.05, 3.63) is 63.6 Å². The van der Waals surface area contributed by atoms with Crippen LogP contribution in [0.3, 0.4) is 0 Å². The van der Waals surface area contributed by atoms with Gasteiger partial charge in [0.25, 0.3) is 5.91 Å². The van der Waals surface area contributed by atoms with Gasteiger partial charge in [0.15, 0.2) is 0 Å². The Kier molecular flexibility index (Phi) is 6.15. The molecule has 0 bridgehead atoms. The Morgan fingerprint density at radius 1 is 1.08 bits per heavy atom. The van der Waals surface area contributed by atoms with Crippen LogP contribution in [0.4, 0.5) is 5.69 Å². The van der Waals surface area contributed by atoms with Gasteiger partial charge in [0, 0.05) is 10.2 Å². The molecule has 0 fully saturated rings. The summed E-state index contributed by atoms with van der Waals surface area (Å²) in [7, 11) is 0. The summed E-state index contributed by atoms with van der Waals surface area (Å²) in [5.41, 5.74) is 3.42. The zero-order valence-electron chi connectivity index (χ0n) is 14.0. The minimum Gasteiger partial charge on any atom is -0.343 e. The van der Waals surface area contributed by atoms with E-state index in [1.54, 1.807) is 18.2 Å². The molecule has 2 amide bonds. The first kappa shape index (κ1) is 18.2. The lowest BCUT2D eigenvalue weighted by molar-refractivity contribution is -0.115. The molecule has 0 aliphatic rings. The van der Waals surface area contributed by atoms with Crippen molar-refractivity contribution in [2.45, 2.75) is 26.7 Å². The van der Waals surface area contributed by atoms with Crippen molar-refractivity contribution in [3.8, 4) is 0 Å². The molecule has 0 spiro atoms. The molecule has 0 aliphatic carbocycles. The van der Waals surface area contributed by atoms with Crippen LogP contribution in [0.5, 0.6) is 0 Å². The number of para-hydroxylation sites is 1. The van der Waals surface area contributed by atoms with Gasteiger partial charge >= 0.3 is 0 Å². The fourth-order valence-electron chi connectivity index (χ4n) is 2.43. The van der Waals surface area contributed by atoms with E-state index in [1.165, 1.54) is 0 Å². The first-order valence-corrected chi connectivity index (χ1v) is 8.61. The topological polar surface area (TPSA) is 58.2 Å². The predicted octanol–water partition coefficient (Wildman–Crippen LogP) is 4.25. The number of rotatable bonds is 5. The number of aryl methyl sites for hydroxylation is 1. The molecule has 2 aromatic rings. The van der Waals surface area contributed by atoms with Gasteiger partial charge in [-0.3, -0.25) is 9.59 Å². The van der Waals surface area contributed by atoms with Gasteiger partial charge in [-0.15, -0.1) is 0 Å². The third kappa shape index (κ3) is 4.45. The average Bonchev–Trinajstić information content (AvgIpc) is 2.54. The van der Waals surface area contributed by atoms with Crippen molar-refractivity contribution >= 4 is 33.4 Å². The van der Waals surface area contributed by atoms with Gasteiger partial charge in [0.2, 0.25) is 5.91 Å². The zero-order valence-corrected chi connectivity index (χ0v) is 15.6. The van der Waals surface area contributed by atoms with Gasteiger partial charge in [0.1, 0.15) is 0 Å². The van der Waals surface area contributed by atoms with Crippen LogP contribution >= 0.6 is 15.9 Å². The fourth-order valence-corrected chi connectivity index (χ4v) is 2.89. The van der Waals surface area contributed by atoms with E-state index in [1.807, 2.05) is 31.2 Å². The van der Waals surface area contributed by atoms with E-state index in [0.717, 1.165) is 16.8 Å². The van der Waals surface area contributed by atoms with Crippen molar-refractivity contribution in [3.63, 3.8) is 0 Å². The number of anilines is 1. The third-order valence-corrected chi connectivity index (χ3v) is 4.41. The lowest BCUT2D eigenvalue weighted by Gasteiger charge is -2.16. The molecule has 0 unspecified atom stereocenters. The molecule has 0 saturated carbocycles. The van der Waals surface area contributed by atoms with E-state index in [2.05, 4.69) is 40.4 Å². The Morgan fingerprint density at radius 2 is 1.79 bits per heavy atom. The second kappa shape index (κ2) is 8.11. The molecule has 0 radical (unpaired) electrons. The van der Waals surface area contributed by atoms with Gasteiger partial charge in [0.05, 0.1) is 12.1 Å². The van der Waals surface area contributed by atoms with Crippen LogP contribution in [-0.2, 0) is 4.79 Å². The SMILES string of the molecule is Cc1cccc(C(C)C)c1NC(=O)CNC(=O)c1ccccc1Br. The molecule has 0 aliphatic heterocycles. The number of hydrogen-bond donors (Lipinski definition) is 2. The summed E-state index contributed by atoms with van der Waals surface area (Å²) in [4.78, 5) is 24.4. The Labute approximate surface area is 150 Å². The number of amides is 2. The molecule has 2 rings (SSSR count). The largest absolute Gasteiger partial charge is 0.343 e. The standard InChI is InChI=1S/C19H21BrN2O2/c1-12(2)14-9-6-7-13(3)18(14)22-17(23)11-21-19(24)15-8-4-5-10-16(15)20/h4-10,12H,11H2,1-3H3,(H,21,24)(H,22,23). The van der Waals surface area contributed by atoms with E-state index in [9.17, 15) is 9.59 Å². The fraction of sp³-hybridized carbons (Fsp3) is 0.263. The second-order valence-corrected chi connectivity index (χ2v) is 6.76. The summed E-state index contributed by atoms with van der Waals surface area (Å²) in [6, 6.07) is 13.1. The van der Waals surface area contributed by atoms with E-state index >= 15 is 0 Å². The molecule has 5 heteroatoms. The van der Waals surface area contributed by atoms with Crippen molar-refractivity contribution in [1.82, 2.24) is 5.32 Å². The zero-order chi connectivity index (χ0) is 17.7. The monoisotopic (exact) mass is 388 g/mol. The molecular formula is C19H21BrN2O2. The van der Waals surface area contributed by atoms with E-state index in [4.69, 9.17) is 0 Å². The first-order valence-electron chi connectivity index (χ1n) is 7.82. The summed E-state index contributed by atoms with van der Waals surface area (Å²) in [5, 5.41) is 5.56. The van der Waals surface area contributed by atoms with Crippen LogP contribution in [0.2, 0.25) is 0 Å². The Morgan fingerprint density at radius 3 is 2.46 bits per heavy atom. The van der Waals surface area contributed by atoms with Crippen LogP contribution in [0, 0.1) is 6.92 Å². The Hall–Kier alpha value is -2.14. The summed E-state index contributed by atoms with van der Waals surface area (Å²) >= 11 is 3.33. The molecule has 0 atom stereocenters. The molecule has 0 heterocycles. The molecule has 2 N–H and O–H groups in total. The number of halogens is 1. The number of carbonyl (C=O) groups excluding carboxylic acids is 2. The molecular weight excluding hydrogens is 368 g/mol. The molecule has 4 nitrogen and oxygen atoms in total. The first-order chi connectivity index (χ1) is 11.4. The highest BCUT2D eigenvalue weighted by molar-refractivity contribution is 9.10. The van der Waals surface area contributed by atoms with Gasteiger partial charge in [-0.1, -0.05) is 44.2 Å².